The number of amides is 1. The van der Waals surface area contributed by atoms with Crippen molar-refractivity contribution < 1.29 is 14.3 Å². The van der Waals surface area contributed by atoms with E-state index in [1.54, 1.807) is 25.3 Å². The van der Waals surface area contributed by atoms with Crippen molar-refractivity contribution in [2.45, 2.75) is 38.1 Å². The van der Waals surface area contributed by atoms with Crippen LogP contribution in [-0.2, 0) is 4.79 Å². The highest BCUT2D eigenvalue weighted by Crippen LogP contribution is 2.28. The molecule has 1 aromatic carbocycles. The first-order chi connectivity index (χ1) is 9.69. The molecule has 0 aliphatic heterocycles. The fraction of sp³-hybridized carbons (Fsp3) is 0.533. The lowest BCUT2D eigenvalue weighted by atomic mass is 9.95. The summed E-state index contributed by atoms with van der Waals surface area (Å²) in [6, 6.07) is 5.41. The lowest BCUT2D eigenvalue weighted by Crippen LogP contribution is -2.39. The van der Waals surface area contributed by atoms with Crippen LogP contribution in [0.2, 0.25) is 0 Å². The van der Waals surface area contributed by atoms with Crippen molar-refractivity contribution in [3.63, 3.8) is 0 Å². The molecule has 0 spiro atoms. The van der Waals surface area contributed by atoms with Gasteiger partial charge in [-0.25, -0.2) is 0 Å². The van der Waals surface area contributed by atoms with E-state index in [0.29, 0.717) is 23.2 Å². The Morgan fingerprint density at radius 3 is 2.75 bits per heavy atom. The van der Waals surface area contributed by atoms with E-state index in [1.165, 1.54) is 19.3 Å². The molecule has 0 atom stereocenters. The van der Waals surface area contributed by atoms with Crippen LogP contribution in [0.25, 0.3) is 0 Å². The molecule has 0 unspecified atom stereocenters. The Kier molecular flexibility index (Phi) is 5.09. The van der Waals surface area contributed by atoms with Crippen molar-refractivity contribution in [2.24, 2.45) is 0 Å². The van der Waals surface area contributed by atoms with Crippen LogP contribution in [0.15, 0.2) is 18.2 Å². The highest BCUT2D eigenvalue weighted by atomic mass is 16.5. The number of carbonyl (C=O) groups excluding carboxylic acids is 1. The van der Waals surface area contributed by atoms with E-state index in [9.17, 15) is 4.79 Å². The fourth-order valence-corrected chi connectivity index (χ4v) is 2.47. The van der Waals surface area contributed by atoms with Gasteiger partial charge in [0.25, 0.3) is 5.91 Å². The number of ether oxygens (including phenoxy) is 2. The number of nitrogen functional groups attached to an aromatic ring is 1. The first-order valence-corrected chi connectivity index (χ1v) is 7.04. The summed E-state index contributed by atoms with van der Waals surface area (Å²) < 4.78 is 10.7. The van der Waals surface area contributed by atoms with Crippen LogP contribution >= 0.6 is 0 Å². The fourth-order valence-electron chi connectivity index (χ4n) is 2.47. The summed E-state index contributed by atoms with van der Waals surface area (Å²) in [5, 5.41) is 3.01. The zero-order valence-corrected chi connectivity index (χ0v) is 11.9. The summed E-state index contributed by atoms with van der Waals surface area (Å²) in [6.07, 6.45) is 5.77. The van der Waals surface area contributed by atoms with Crippen molar-refractivity contribution in [1.29, 1.82) is 0 Å². The maximum atomic E-state index is 11.9. The molecule has 0 saturated heterocycles. The number of rotatable bonds is 5. The van der Waals surface area contributed by atoms with Crippen LogP contribution in [-0.4, -0.2) is 25.7 Å². The summed E-state index contributed by atoms with van der Waals surface area (Å²) in [7, 11) is 1.56. The van der Waals surface area contributed by atoms with Gasteiger partial charge in [-0.3, -0.25) is 4.79 Å². The highest BCUT2D eigenvalue weighted by Gasteiger charge is 2.16. The Morgan fingerprint density at radius 1 is 1.30 bits per heavy atom. The van der Waals surface area contributed by atoms with Gasteiger partial charge in [-0.2, -0.15) is 0 Å². The van der Waals surface area contributed by atoms with Crippen molar-refractivity contribution in [3.8, 4) is 11.5 Å². The number of methoxy groups -OCH3 is 1. The molecule has 5 nitrogen and oxygen atoms in total. The molecule has 1 saturated carbocycles. The van der Waals surface area contributed by atoms with E-state index in [2.05, 4.69) is 5.32 Å². The third kappa shape index (κ3) is 4.05. The van der Waals surface area contributed by atoms with Crippen molar-refractivity contribution in [1.82, 2.24) is 5.32 Å². The minimum atomic E-state index is -0.0959. The highest BCUT2D eigenvalue weighted by molar-refractivity contribution is 5.78. The molecule has 0 aromatic heterocycles. The summed E-state index contributed by atoms with van der Waals surface area (Å²) in [4.78, 5) is 11.9. The molecule has 1 aromatic rings. The Balaban J connectivity index is 1.84. The second kappa shape index (κ2) is 7.03. The summed E-state index contributed by atoms with van der Waals surface area (Å²) in [6.45, 7) is -0.0175. The zero-order chi connectivity index (χ0) is 14.4. The van der Waals surface area contributed by atoms with Gasteiger partial charge in [0.1, 0.15) is 0 Å². The van der Waals surface area contributed by atoms with Gasteiger partial charge in [0.15, 0.2) is 18.1 Å². The van der Waals surface area contributed by atoms with Crippen LogP contribution in [0.5, 0.6) is 11.5 Å². The summed E-state index contributed by atoms with van der Waals surface area (Å²) >= 11 is 0. The first kappa shape index (κ1) is 14.5. The molecule has 20 heavy (non-hydrogen) atoms. The monoisotopic (exact) mass is 278 g/mol. The Bertz CT molecular complexity index is 456. The molecular weight excluding hydrogens is 256 g/mol. The van der Waals surface area contributed by atoms with E-state index in [4.69, 9.17) is 15.2 Å². The average molecular weight is 278 g/mol. The molecule has 0 bridgehead atoms. The van der Waals surface area contributed by atoms with E-state index in [0.717, 1.165) is 12.8 Å². The molecule has 1 aliphatic carbocycles. The largest absolute Gasteiger partial charge is 0.493 e. The van der Waals surface area contributed by atoms with Crippen molar-refractivity contribution in [2.75, 3.05) is 19.5 Å². The lowest BCUT2D eigenvalue weighted by molar-refractivity contribution is -0.124. The third-order valence-electron chi connectivity index (χ3n) is 3.52. The molecular formula is C15H22N2O3. The SMILES string of the molecule is COc1ccc(N)cc1OCC(=O)NC1CCCCC1. The molecule has 5 heteroatoms. The minimum Gasteiger partial charge on any atom is -0.493 e. The number of carbonyl (C=O) groups is 1. The van der Waals surface area contributed by atoms with Gasteiger partial charge in [0.2, 0.25) is 0 Å². The number of hydrogen-bond acceptors (Lipinski definition) is 4. The molecule has 2 rings (SSSR count). The van der Waals surface area contributed by atoms with Crippen molar-refractivity contribution in [3.05, 3.63) is 18.2 Å². The zero-order valence-electron chi connectivity index (χ0n) is 11.9. The molecule has 3 N–H and O–H groups in total. The maximum absolute atomic E-state index is 11.9. The van der Waals surface area contributed by atoms with Crippen LogP contribution in [0.4, 0.5) is 5.69 Å². The van der Waals surface area contributed by atoms with Crippen LogP contribution < -0.4 is 20.5 Å². The quantitative estimate of drug-likeness (QED) is 0.809. The second-order valence-corrected chi connectivity index (χ2v) is 5.10. The predicted molar refractivity (Wildman–Crippen MR) is 77.9 cm³/mol. The molecule has 110 valence electrons. The number of anilines is 1. The number of benzene rings is 1. The first-order valence-electron chi connectivity index (χ1n) is 7.04. The Labute approximate surface area is 119 Å². The number of nitrogens with two attached hydrogens (primary N) is 1. The molecule has 0 heterocycles. The maximum Gasteiger partial charge on any atom is 0.258 e. The van der Waals surface area contributed by atoms with Gasteiger partial charge >= 0.3 is 0 Å². The Hall–Kier alpha value is -1.91. The van der Waals surface area contributed by atoms with Gasteiger partial charge in [-0.15, -0.1) is 0 Å². The minimum absolute atomic E-state index is 0.0175. The van der Waals surface area contributed by atoms with Gasteiger partial charge in [-0.05, 0) is 25.0 Å². The van der Waals surface area contributed by atoms with Crippen LogP contribution in [0.1, 0.15) is 32.1 Å². The smallest absolute Gasteiger partial charge is 0.258 e. The lowest BCUT2D eigenvalue weighted by Gasteiger charge is -2.22. The predicted octanol–water partition coefficient (Wildman–Crippen LogP) is 2.11. The molecule has 1 amide bonds. The van der Waals surface area contributed by atoms with Crippen LogP contribution in [0.3, 0.4) is 0 Å². The average Bonchev–Trinajstić information content (AvgIpc) is 2.46. The van der Waals surface area contributed by atoms with Gasteiger partial charge in [-0.1, -0.05) is 19.3 Å². The topological polar surface area (TPSA) is 73.6 Å². The Morgan fingerprint density at radius 2 is 2.05 bits per heavy atom. The molecule has 1 fully saturated rings. The van der Waals surface area contributed by atoms with E-state index in [-0.39, 0.29) is 12.5 Å². The van der Waals surface area contributed by atoms with Gasteiger partial charge in [0, 0.05) is 17.8 Å². The molecule has 0 radical (unpaired) electrons. The summed E-state index contributed by atoms with van der Waals surface area (Å²) in [5.41, 5.74) is 6.28. The van der Waals surface area contributed by atoms with Gasteiger partial charge < -0.3 is 20.5 Å². The number of hydrogen-bond donors (Lipinski definition) is 2. The van der Waals surface area contributed by atoms with Crippen molar-refractivity contribution >= 4 is 11.6 Å². The van der Waals surface area contributed by atoms with Crippen LogP contribution in [0, 0.1) is 0 Å². The normalized spacial score (nSPS) is 15.7. The number of nitrogens with one attached hydrogen (secondary N) is 1. The second-order valence-electron chi connectivity index (χ2n) is 5.10. The van der Waals surface area contributed by atoms with E-state index in [1.807, 2.05) is 0 Å². The van der Waals surface area contributed by atoms with Gasteiger partial charge in [0.05, 0.1) is 7.11 Å². The molecule has 1 aliphatic rings. The third-order valence-corrected chi connectivity index (χ3v) is 3.52. The van der Waals surface area contributed by atoms with E-state index >= 15 is 0 Å². The standard InChI is InChI=1S/C15H22N2O3/c1-19-13-8-7-11(16)9-14(13)20-10-15(18)17-12-5-3-2-4-6-12/h7-9,12H,2-6,10,16H2,1H3,(H,17,18). The summed E-state index contributed by atoms with van der Waals surface area (Å²) in [5.74, 6) is 0.970. The van der Waals surface area contributed by atoms with E-state index < -0.39 is 0 Å².